The number of halogens is 1. The van der Waals surface area contributed by atoms with Crippen LogP contribution < -0.4 is 14.8 Å². The lowest BCUT2D eigenvalue weighted by Crippen LogP contribution is -2.44. The van der Waals surface area contributed by atoms with Crippen molar-refractivity contribution in [3.8, 4) is 5.75 Å². The van der Waals surface area contributed by atoms with Crippen LogP contribution in [0.15, 0.2) is 17.0 Å². The third kappa shape index (κ3) is 6.58. The van der Waals surface area contributed by atoms with E-state index in [1.165, 1.54) is 18.6 Å². The van der Waals surface area contributed by atoms with E-state index in [1.807, 2.05) is 0 Å². The number of aliphatic carboxylic acids is 1. The lowest BCUT2D eigenvalue weighted by atomic mass is 9.95. The van der Waals surface area contributed by atoms with Crippen LogP contribution >= 0.6 is 11.6 Å². The van der Waals surface area contributed by atoms with Gasteiger partial charge >= 0.3 is 5.97 Å². The molecule has 3 N–H and O–H groups in total. The summed E-state index contributed by atoms with van der Waals surface area (Å²) in [5, 5.41) is 12.1. The van der Waals surface area contributed by atoms with Crippen molar-refractivity contribution in [1.29, 1.82) is 0 Å². The molecule has 168 valence electrons. The Labute approximate surface area is 182 Å². The second-order valence-electron chi connectivity index (χ2n) is 7.92. The minimum Gasteiger partial charge on any atom is -0.483 e. The third-order valence-corrected chi connectivity index (χ3v) is 6.97. The first-order valence-electron chi connectivity index (χ1n) is 9.98. The van der Waals surface area contributed by atoms with Crippen molar-refractivity contribution < 1.29 is 27.9 Å². The van der Waals surface area contributed by atoms with Gasteiger partial charge in [-0.25, -0.2) is 8.42 Å². The molecule has 1 aliphatic carbocycles. The van der Waals surface area contributed by atoms with Gasteiger partial charge in [-0.05, 0) is 37.3 Å². The number of hydrogen-bond acceptors (Lipinski definition) is 5. The maximum atomic E-state index is 12.7. The Morgan fingerprint density at radius 2 is 1.87 bits per heavy atom. The summed E-state index contributed by atoms with van der Waals surface area (Å²) in [7, 11) is -4.22. The van der Waals surface area contributed by atoms with Crippen LogP contribution in [0.25, 0.3) is 0 Å². The average molecular weight is 461 g/mol. The van der Waals surface area contributed by atoms with E-state index >= 15 is 0 Å². The molecule has 0 spiro atoms. The number of aryl methyl sites for hydroxylation is 1. The molecule has 1 aromatic rings. The number of rotatable bonds is 9. The average Bonchev–Trinajstić information content (AvgIpc) is 2.65. The highest BCUT2D eigenvalue weighted by Gasteiger charge is 2.30. The molecule has 8 nitrogen and oxygen atoms in total. The summed E-state index contributed by atoms with van der Waals surface area (Å²) in [5.74, 6) is -1.84. The molecular weight excluding hydrogens is 432 g/mol. The minimum absolute atomic E-state index is 0.0631. The van der Waals surface area contributed by atoms with Gasteiger partial charge in [0.25, 0.3) is 5.91 Å². The number of carboxylic acid groups (broad SMARTS) is 1. The number of amides is 1. The van der Waals surface area contributed by atoms with Crippen molar-refractivity contribution >= 4 is 33.5 Å². The molecular formula is C20H29ClN2O6S. The fraction of sp³-hybridized carbons (Fsp3) is 0.600. The van der Waals surface area contributed by atoms with Gasteiger partial charge in [0.1, 0.15) is 16.7 Å². The standard InChI is InChI=1S/C20H29ClN2O6S/c1-12(2)19(20(25)26)23-30(27,28)17-10-16(13(3)9-15(17)21)29-11-18(24)22-14-7-5-4-6-8-14/h9-10,12,14,19,23H,4-8,11H2,1-3H3,(H,22,24)(H,25,26)/t19-/m1/s1. The van der Waals surface area contributed by atoms with E-state index in [2.05, 4.69) is 10.0 Å². The minimum atomic E-state index is -4.22. The van der Waals surface area contributed by atoms with Crippen LogP contribution in [0.3, 0.4) is 0 Å². The third-order valence-electron chi connectivity index (χ3n) is 5.06. The summed E-state index contributed by atoms with van der Waals surface area (Å²) in [5.41, 5.74) is 0.558. The van der Waals surface area contributed by atoms with E-state index in [1.54, 1.807) is 20.8 Å². The summed E-state index contributed by atoms with van der Waals surface area (Å²) in [6.45, 7) is 4.61. The zero-order valence-corrected chi connectivity index (χ0v) is 19.0. The summed E-state index contributed by atoms with van der Waals surface area (Å²) in [6, 6.07) is 1.46. The van der Waals surface area contributed by atoms with Crippen molar-refractivity contribution in [2.24, 2.45) is 5.92 Å². The van der Waals surface area contributed by atoms with Crippen LogP contribution in [0.4, 0.5) is 0 Å². The summed E-state index contributed by atoms with van der Waals surface area (Å²) < 4.78 is 33.2. The summed E-state index contributed by atoms with van der Waals surface area (Å²) in [4.78, 5) is 23.2. The second-order valence-corrected chi connectivity index (χ2v) is 10.0. The molecule has 1 aliphatic rings. The number of carbonyl (C=O) groups excluding carboxylic acids is 1. The number of carbonyl (C=O) groups is 2. The van der Waals surface area contributed by atoms with Gasteiger partial charge < -0.3 is 15.2 Å². The molecule has 0 heterocycles. The van der Waals surface area contributed by atoms with Gasteiger partial charge in [0.15, 0.2) is 6.61 Å². The molecule has 1 atom stereocenters. The highest BCUT2D eigenvalue weighted by atomic mass is 35.5. The Balaban J connectivity index is 2.14. The first-order valence-corrected chi connectivity index (χ1v) is 11.8. The zero-order valence-electron chi connectivity index (χ0n) is 17.4. The Morgan fingerprint density at radius 1 is 1.23 bits per heavy atom. The lowest BCUT2D eigenvalue weighted by molar-refractivity contribution is -0.140. The van der Waals surface area contributed by atoms with E-state index in [9.17, 15) is 23.1 Å². The highest BCUT2D eigenvalue weighted by molar-refractivity contribution is 7.89. The largest absolute Gasteiger partial charge is 0.483 e. The highest BCUT2D eigenvalue weighted by Crippen LogP contribution is 2.30. The summed E-state index contributed by atoms with van der Waals surface area (Å²) in [6.07, 6.45) is 5.24. The quantitative estimate of drug-likeness (QED) is 0.520. The first kappa shape index (κ1) is 24.4. The zero-order chi connectivity index (χ0) is 22.5. The molecule has 0 aliphatic heterocycles. The molecule has 30 heavy (non-hydrogen) atoms. The van der Waals surface area contributed by atoms with Crippen molar-refractivity contribution in [2.45, 2.75) is 69.9 Å². The Bertz CT molecular complexity index is 882. The number of sulfonamides is 1. The van der Waals surface area contributed by atoms with E-state index < -0.39 is 28.0 Å². The van der Waals surface area contributed by atoms with Gasteiger partial charge in [-0.1, -0.05) is 44.7 Å². The normalized spacial score (nSPS) is 16.3. The molecule has 0 saturated heterocycles. The lowest BCUT2D eigenvalue weighted by Gasteiger charge is -2.23. The number of ether oxygens (including phenoxy) is 1. The van der Waals surface area contributed by atoms with Gasteiger partial charge in [-0.2, -0.15) is 4.72 Å². The molecule has 0 aromatic heterocycles. The van der Waals surface area contributed by atoms with E-state index in [0.29, 0.717) is 5.56 Å². The van der Waals surface area contributed by atoms with Crippen molar-refractivity contribution in [3.05, 3.63) is 22.7 Å². The van der Waals surface area contributed by atoms with Crippen LogP contribution in [-0.4, -0.2) is 44.1 Å². The van der Waals surface area contributed by atoms with Gasteiger partial charge in [-0.3, -0.25) is 9.59 Å². The molecule has 0 radical (unpaired) electrons. The SMILES string of the molecule is Cc1cc(Cl)c(S(=O)(=O)N[C@@H](C(=O)O)C(C)C)cc1OCC(=O)NC1CCCCC1. The Kier molecular flexibility index (Phi) is 8.52. The van der Waals surface area contributed by atoms with Gasteiger partial charge in [0.05, 0.1) is 5.02 Å². The van der Waals surface area contributed by atoms with Crippen LogP contribution in [0, 0.1) is 12.8 Å². The maximum absolute atomic E-state index is 12.7. The summed E-state index contributed by atoms with van der Waals surface area (Å²) >= 11 is 6.12. The van der Waals surface area contributed by atoms with Crippen molar-refractivity contribution in [3.63, 3.8) is 0 Å². The fourth-order valence-electron chi connectivity index (χ4n) is 3.36. The van der Waals surface area contributed by atoms with Crippen LogP contribution in [0.1, 0.15) is 51.5 Å². The smallest absolute Gasteiger partial charge is 0.322 e. The van der Waals surface area contributed by atoms with E-state index in [0.717, 1.165) is 25.7 Å². The van der Waals surface area contributed by atoms with Gasteiger partial charge in [0.2, 0.25) is 10.0 Å². The molecule has 0 unspecified atom stereocenters. The van der Waals surface area contributed by atoms with Gasteiger partial charge in [0, 0.05) is 12.1 Å². The number of carboxylic acids is 1. The monoisotopic (exact) mass is 460 g/mol. The van der Waals surface area contributed by atoms with Crippen LogP contribution in [-0.2, 0) is 19.6 Å². The number of benzene rings is 1. The molecule has 0 bridgehead atoms. The molecule has 1 aromatic carbocycles. The van der Waals surface area contributed by atoms with Crippen molar-refractivity contribution in [1.82, 2.24) is 10.0 Å². The predicted octanol–water partition coefficient (Wildman–Crippen LogP) is 2.86. The van der Waals surface area contributed by atoms with E-state index in [-0.39, 0.29) is 34.2 Å². The van der Waals surface area contributed by atoms with Crippen molar-refractivity contribution in [2.75, 3.05) is 6.61 Å². The first-order chi connectivity index (χ1) is 14.0. The molecule has 2 rings (SSSR count). The maximum Gasteiger partial charge on any atom is 0.322 e. The van der Waals surface area contributed by atoms with Crippen LogP contribution in [0.5, 0.6) is 5.75 Å². The molecule has 1 amide bonds. The predicted molar refractivity (Wildman–Crippen MR) is 113 cm³/mol. The number of hydrogen-bond donors (Lipinski definition) is 3. The molecule has 1 fully saturated rings. The topological polar surface area (TPSA) is 122 Å². The van der Waals surface area contributed by atoms with E-state index in [4.69, 9.17) is 16.3 Å². The molecule has 10 heteroatoms. The Hall–Kier alpha value is -1.84. The fourth-order valence-corrected chi connectivity index (χ4v) is 5.29. The second kappa shape index (κ2) is 10.5. The number of nitrogens with one attached hydrogen (secondary N) is 2. The Morgan fingerprint density at radius 3 is 2.43 bits per heavy atom. The van der Waals surface area contributed by atoms with Crippen LogP contribution in [0.2, 0.25) is 5.02 Å². The van der Waals surface area contributed by atoms with Gasteiger partial charge in [-0.15, -0.1) is 0 Å². The molecule has 1 saturated carbocycles.